The van der Waals surface area contributed by atoms with E-state index < -0.39 is 0 Å². The third kappa shape index (κ3) is 1.54. The van der Waals surface area contributed by atoms with Gasteiger partial charge in [-0.25, -0.2) is 0 Å². The van der Waals surface area contributed by atoms with E-state index in [0.29, 0.717) is 12.1 Å². The molecule has 1 N–H and O–H groups in total. The van der Waals surface area contributed by atoms with Gasteiger partial charge >= 0.3 is 0 Å². The van der Waals surface area contributed by atoms with Gasteiger partial charge in [-0.3, -0.25) is 4.90 Å². The van der Waals surface area contributed by atoms with Crippen molar-refractivity contribution in [2.24, 2.45) is 0 Å². The van der Waals surface area contributed by atoms with Gasteiger partial charge in [-0.1, -0.05) is 12.2 Å². The largest absolute Gasteiger partial charge is 0.394 e. The summed E-state index contributed by atoms with van der Waals surface area (Å²) < 4.78 is 0. The lowest BCUT2D eigenvalue weighted by Gasteiger charge is -2.50. The van der Waals surface area contributed by atoms with Crippen LogP contribution in [0.4, 0.5) is 0 Å². The van der Waals surface area contributed by atoms with Crippen LogP contribution in [0.2, 0.25) is 0 Å². The lowest BCUT2D eigenvalue weighted by Crippen LogP contribution is -2.58. The minimum absolute atomic E-state index is 0.170. The first-order valence-electron chi connectivity index (χ1n) is 4.61. The monoisotopic (exact) mass is 169 g/mol. The highest BCUT2D eigenvalue weighted by atomic mass is 16.3. The molecule has 2 nitrogen and oxygen atoms in total. The van der Waals surface area contributed by atoms with Gasteiger partial charge in [0.1, 0.15) is 0 Å². The van der Waals surface area contributed by atoms with Crippen LogP contribution in [0.5, 0.6) is 0 Å². The molecule has 0 aromatic rings. The van der Waals surface area contributed by atoms with Gasteiger partial charge in [0.25, 0.3) is 0 Å². The Bertz CT molecular complexity index is 171. The van der Waals surface area contributed by atoms with E-state index in [1.165, 1.54) is 6.42 Å². The summed E-state index contributed by atoms with van der Waals surface area (Å²) >= 11 is 0. The zero-order valence-corrected chi connectivity index (χ0v) is 8.25. The van der Waals surface area contributed by atoms with Crippen molar-refractivity contribution < 1.29 is 5.11 Å². The molecule has 1 fully saturated rings. The fourth-order valence-electron chi connectivity index (χ4n) is 2.15. The number of likely N-dealkylation sites (tertiary alicyclic amines) is 1. The molecule has 0 aromatic heterocycles. The second kappa shape index (κ2) is 3.58. The standard InChI is InChI=1S/C10H19NO/c1-7(2)10(6-12)11-8(3)5-9(11)4/h8-10,12H,1,5-6H2,2-4H3. The van der Waals surface area contributed by atoms with E-state index in [1.54, 1.807) is 0 Å². The molecule has 0 bridgehead atoms. The van der Waals surface area contributed by atoms with E-state index in [2.05, 4.69) is 25.3 Å². The van der Waals surface area contributed by atoms with Crippen LogP contribution in [0.3, 0.4) is 0 Å². The fraction of sp³-hybridized carbons (Fsp3) is 0.800. The van der Waals surface area contributed by atoms with Crippen LogP contribution in [0.15, 0.2) is 12.2 Å². The number of aliphatic hydroxyl groups is 1. The van der Waals surface area contributed by atoms with Crippen molar-refractivity contribution >= 4 is 0 Å². The highest BCUT2D eigenvalue weighted by Crippen LogP contribution is 2.29. The Morgan fingerprint density at radius 2 is 2.08 bits per heavy atom. The number of nitrogens with zero attached hydrogens (tertiary/aromatic N) is 1. The molecule has 0 saturated carbocycles. The first-order valence-corrected chi connectivity index (χ1v) is 4.61. The van der Waals surface area contributed by atoms with E-state index in [-0.39, 0.29) is 12.6 Å². The molecule has 12 heavy (non-hydrogen) atoms. The molecule has 70 valence electrons. The van der Waals surface area contributed by atoms with Crippen molar-refractivity contribution in [2.45, 2.75) is 45.3 Å². The van der Waals surface area contributed by atoms with Crippen molar-refractivity contribution in [3.63, 3.8) is 0 Å². The molecule has 1 aliphatic rings. The summed E-state index contributed by atoms with van der Waals surface area (Å²) in [6, 6.07) is 1.38. The molecule has 0 radical (unpaired) electrons. The van der Waals surface area contributed by atoms with E-state index in [4.69, 9.17) is 5.11 Å². The minimum atomic E-state index is 0.170. The van der Waals surface area contributed by atoms with E-state index in [0.717, 1.165) is 5.57 Å². The highest BCUT2D eigenvalue weighted by molar-refractivity contribution is 5.07. The van der Waals surface area contributed by atoms with Crippen molar-refractivity contribution in [1.29, 1.82) is 0 Å². The summed E-state index contributed by atoms with van der Waals surface area (Å²) in [5, 5.41) is 9.16. The van der Waals surface area contributed by atoms with Gasteiger partial charge in [0.05, 0.1) is 12.6 Å². The zero-order chi connectivity index (χ0) is 9.30. The highest BCUT2D eigenvalue weighted by Gasteiger charge is 2.36. The summed E-state index contributed by atoms with van der Waals surface area (Å²) in [7, 11) is 0. The van der Waals surface area contributed by atoms with Gasteiger partial charge in [0.2, 0.25) is 0 Å². The van der Waals surface area contributed by atoms with Gasteiger partial charge in [-0.15, -0.1) is 0 Å². The van der Waals surface area contributed by atoms with Crippen molar-refractivity contribution in [2.75, 3.05) is 6.61 Å². The van der Waals surface area contributed by atoms with Gasteiger partial charge in [-0.05, 0) is 27.2 Å². The van der Waals surface area contributed by atoms with E-state index >= 15 is 0 Å². The SMILES string of the molecule is C=C(C)C(CO)N1C(C)CC1C. The van der Waals surface area contributed by atoms with Gasteiger partial charge < -0.3 is 5.11 Å². The van der Waals surface area contributed by atoms with Gasteiger partial charge in [0, 0.05) is 12.1 Å². The first kappa shape index (κ1) is 9.75. The number of hydrogen-bond donors (Lipinski definition) is 1. The van der Waals surface area contributed by atoms with Crippen LogP contribution in [-0.2, 0) is 0 Å². The molecule has 1 heterocycles. The summed E-state index contributed by atoms with van der Waals surface area (Å²) in [6.07, 6.45) is 1.24. The second-order valence-electron chi connectivity index (χ2n) is 3.93. The Morgan fingerprint density at radius 3 is 2.25 bits per heavy atom. The number of rotatable bonds is 3. The van der Waals surface area contributed by atoms with Crippen LogP contribution in [0, 0.1) is 0 Å². The van der Waals surface area contributed by atoms with Crippen LogP contribution < -0.4 is 0 Å². The third-order valence-corrected chi connectivity index (χ3v) is 2.80. The Labute approximate surface area is 74.9 Å². The molecule has 0 aliphatic carbocycles. The van der Waals surface area contributed by atoms with Crippen LogP contribution >= 0.6 is 0 Å². The number of hydrogen-bond acceptors (Lipinski definition) is 2. The average molecular weight is 169 g/mol. The minimum Gasteiger partial charge on any atom is -0.394 e. The third-order valence-electron chi connectivity index (χ3n) is 2.80. The Morgan fingerprint density at radius 1 is 1.58 bits per heavy atom. The molecule has 3 atom stereocenters. The molecule has 1 saturated heterocycles. The Kier molecular flexibility index (Phi) is 2.91. The smallest absolute Gasteiger partial charge is 0.0625 e. The molecular formula is C10H19NO. The second-order valence-corrected chi connectivity index (χ2v) is 3.93. The van der Waals surface area contributed by atoms with Crippen LogP contribution in [-0.4, -0.2) is 34.7 Å². The van der Waals surface area contributed by atoms with Crippen molar-refractivity contribution in [3.8, 4) is 0 Å². The van der Waals surface area contributed by atoms with Crippen LogP contribution in [0.25, 0.3) is 0 Å². The molecule has 1 rings (SSSR count). The quantitative estimate of drug-likeness (QED) is 0.646. The van der Waals surface area contributed by atoms with Crippen molar-refractivity contribution in [1.82, 2.24) is 4.90 Å². The summed E-state index contributed by atoms with van der Waals surface area (Å²) in [5.74, 6) is 0. The maximum atomic E-state index is 9.16. The average Bonchev–Trinajstić information content (AvgIpc) is 1.99. The van der Waals surface area contributed by atoms with Gasteiger partial charge in [-0.2, -0.15) is 0 Å². The summed E-state index contributed by atoms with van der Waals surface area (Å²) in [4.78, 5) is 2.34. The predicted octanol–water partition coefficient (Wildman–Crippen LogP) is 1.41. The van der Waals surface area contributed by atoms with E-state index in [1.807, 2.05) is 6.92 Å². The lowest BCUT2D eigenvalue weighted by atomic mass is 9.91. The summed E-state index contributed by atoms with van der Waals surface area (Å²) in [6.45, 7) is 10.5. The van der Waals surface area contributed by atoms with Gasteiger partial charge in [0.15, 0.2) is 0 Å². The van der Waals surface area contributed by atoms with Crippen molar-refractivity contribution in [3.05, 3.63) is 12.2 Å². The molecule has 1 aliphatic heterocycles. The molecule has 2 heteroatoms. The topological polar surface area (TPSA) is 23.5 Å². The molecular weight excluding hydrogens is 150 g/mol. The molecule has 3 unspecified atom stereocenters. The Balaban J connectivity index is 2.59. The molecule has 0 amide bonds. The maximum Gasteiger partial charge on any atom is 0.0625 e. The van der Waals surface area contributed by atoms with E-state index in [9.17, 15) is 0 Å². The number of aliphatic hydroxyl groups excluding tert-OH is 1. The first-order chi connectivity index (χ1) is 5.57. The molecule has 0 aromatic carbocycles. The fourth-order valence-corrected chi connectivity index (χ4v) is 2.15. The lowest BCUT2D eigenvalue weighted by molar-refractivity contribution is -0.0121. The zero-order valence-electron chi connectivity index (χ0n) is 8.25. The molecule has 0 spiro atoms. The normalized spacial score (nSPS) is 32.7. The predicted molar refractivity (Wildman–Crippen MR) is 51.1 cm³/mol. The summed E-state index contributed by atoms with van der Waals surface area (Å²) in [5.41, 5.74) is 1.07. The van der Waals surface area contributed by atoms with Crippen LogP contribution in [0.1, 0.15) is 27.2 Å². The maximum absolute atomic E-state index is 9.16. The Hall–Kier alpha value is -0.340.